The van der Waals surface area contributed by atoms with Gasteiger partial charge in [0.25, 0.3) is 5.91 Å². The van der Waals surface area contributed by atoms with E-state index in [1.165, 1.54) is 30.2 Å². The maximum atomic E-state index is 14.8. The summed E-state index contributed by atoms with van der Waals surface area (Å²) in [6, 6.07) is 1.84. The molecule has 1 aliphatic carbocycles. The minimum Gasteiger partial charge on any atom is -0.480 e. The van der Waals surface area contributed by atoms with Crippen LogP contribution in [-0.4, -0.2) is 86.2 Å². The molecule has 46 heavy (non-hydrogen) atoms. The van der Waals surface area contributed by atoms with Gasteiger partial charge in [-0.1, -0.05) is 27.2 Å². The summed E-state index contributed by atoms with van der Waals surface area (Å²) in [6.45, 7) is 9.90. The molecule has 2 aromatic rings. The zero-order valence-corrected chi connectivity index (χ0v) is 27.8. The minimum atomic E-state index is -1.17. The molecule has 10 nitrogen and oxygen atoms in total. The number of rotatable bonds is 13. The second kappa shape index (κ2) is 14.6. The highest BCUT2D eigenvalue weighted by Crippen LogP contribution is 2.52. The third-order valence-electron chi connectivity index (χ3n) is 8.98. The Morgan fingerprint density at radius 2 is 1.83 bits per heavy atom. The van der Waals surface area contributed by atoms with Crippen LogP contribution in [0.3, 0.4) is 0 Å². The lowest BCUT2D eigenvalue weighted by molar-refractivity contribution is -0.138. The molecule has 1 aromatic heterocycles. The van der Waals surface area contributed by atoms with Crippen LogP contribution < -0.4 is 20.3 Å². The quantitative estimate of drug-likeness (QED) is 0.304. The normalized spacial score (nSPS) is 18.0. The Morgan fingerprint density at radius 1 is 1.07 bits per heavy atom. The van der Waals surface area contributed by atoms with Crippen molar-refractivity contribution in [1.82, 2.24) is 20.5 Å². The highest BCUT2D eigenvalue weighted by Gasteiger charge is 2.50. The molecule has 3 heterocycles. The number of morpholine rings is 1. The molecule has 1 spiro atoms. The van der Waals surface area contributed by atoms with Crippen LogP contribution in [0.15, 0.2) is 17.5 Å². The standard InChI is InChI=1S/C33H45F2N5O5S/c1-32(2,3)29(30(43)40-14-12-33(21-40)10-11-33)38-25(41)7-5-4-6-13-36-26(42)19-45-28-22(8-9-23(34)27(28)35)24-20-46-31(37-24)39-15-17-44-18-16-39/h8-9,20,29H,4-7,10-19,21H2,1-3H3,(H,36,42)(H,38,41). The molecule has 2 aliphatic heterocycles. The maximum absolute atomic E-state index is 14.8. The van der Waals surface area contributed by atoms with Gasteiger partial charge < -0.3 is 29.9 Å². The molecule has 1 saturated carbocycles. The van der Waals surface area contributed by atoms with Crippen LogP contribution in [0, 0.1) is 22.5 Å². The molecule has 3 fully saturated rings. The topological polar surface area (TPSA) is 113 Å². The number of thiazole rings is 1. The SMILES string of the molecule is CC(C)(C)C(NC(=O)CCCCCNC(=O)COc1c(-c2csc(N3CCOCC3)n2)ccc(F)c1F)C(=O)N1CCC2(CC2)C1. The molecule has 3 aliphatic rings. The van der Waals surface area contributed by atoms with Crippen molar-refractivity contribution in [1.29, 1.82) is 0 Å². The molecule has 1 aromatic carbocycles. The second-order valence-corrected chi connectivity index (χ2v) is 14.5. The van der Waals surface area contributed by atoms with E-state index in [4.69, 9.17) is 9.47 Å². The van der Waals surface area contributed by atoms with Crippen molar-refractivity contribution in [2.75, 3.05) is 57.4 Å². The summed E-state index contributed by atoms with van der Waals surface area (Å²) in [5.74, 6) is -3.23. The lowest BCUT2D eigenvalue weighted by Crippen LogP contribution is -2.54. The Morgan fingerprint density at radius 3 is 2.52 bits per heavy atom. The van der Waals surface area contributed by atoms with Crippen LogP contribution in [0.4, 0.5) is 13.9 Å². The van der Waals surface area contributed by atoms with E-state index in [0.717, 1.165) is 30.7 Å². The number of carbonyl (C=O) groups is 3. The Kier molecular flexibility index (Phi) is 10.8. The van der Waals surface area contributed by atoms with Crippen LogP contribution in [0.2, 0.25) is 0 Å². The highest BCUT2D eigenvalue weighted by atomic mass is 32.1. The van der Waals surface area contributed by atoms with Crippen molar-refractivity contribution in [3.63, 3.8) is 0 Å². The van der Waals surface area contributed by atoms with E-state index in [-0.39, 0.29) is 29.5 Å². The number of hydrogen-bond acceptors (Lipinski definition) is 8. The van der Waals surface area contributed by atoms with Crippen LogP contribution in [0.25, 0.3) is 11.3 Å². The molecule has 252 valence electrons. The molecule has 1 atom stereocenters. The monoisotopic (exact) mass is 661 g/mol. The van der Waals surface area contributed by atoms with Crippen molar-refractivity contribution < 1.29 is 32.6 Å². The van der Waals surface area contributed by atoms with Gasteiger partial charge >= 0.3 is 0 Å². The van der Waals surface area contributed by atoms with Gasteiger partial charge in [0.15, 0.2) is 23.3 Å². The molecular formula is C33H45F2N5O5S. The number of ether oxygens (including phenoxy) is 2. The zero-order chi connectivity index (χ0) is 32.9. The summed E-state index contributed by atoms with van der Waals surface area (Å²) in [7, 11) is 0. The summed E-state index contributed by atoms with van der Waals surface area (Å²) in [5.41, 5.74) is 0.631. The van der Waals surface area contributed by atoms with E-state index in [2.05, 4.69) is 20.5 Å². The third-order valence-corrected chi connectivity index (χ3v) is 9.88. The first-order chi connectivity index (χ1) is 22.0. The molecular weight excluding hydrogens is 616 g/mol. The van der Waals surface area contributed by atoms with Gasteiger partial charge in [0.1, 0.15) is 6.04 Å². The van der Waals surface area contributed by atoms with Gasteiger partial charge in [0.2, 0.25) is 17.6 Å². The number of carbonyl (C=O) groups excluding carboxylic acids is 3. The summed E-state index contributed by atoms with van der Waals surface area (Å²) >= 11 is 1.39. The molecule has 2 saturated heterocycles. The second-order valence-electron chi connectivity index (χ2n) is 13.7. The maximum Gasteiger partial charge on any atom is 0.257 e. The summed E-state index contributed by atoms with van der Waals surface area (Å²) in [4.78, 5) is 47.0. The number of nitrogens with zero attached hydrogens (tertiary/aromatic N) is 3. The number of nitrogens with one attached hydrogen (secondary N) is 2. The van der Waals surface area contributed by atoms with Crippen LogP contribution in [0.5, 0.6) is 5.75 Å². The van der Waals surface area contributed by atoms with E-state index < -0.39 is 35.6 Å². The average molecular weight is 662 g/mol. The first-order valence-electron chi connectivity index (χ1n) is 16.2. The highest BCUT2D eigenvalue weighted by molar-refractivity contribution is 7.14. The van der Waals surface area contributed by atoms with E-state index in [1.54, 1.807) is 5.38 Å². The number of benzene rings is 1. The van der Waals surface area contributed by atoms with Crippen molar-refractivity contribution in [2.24, 2.45) is 10.8 Å². The van der Waals surface area contributed by atoms with Gasteiger partial charge in [-0.15, -0.1) is 11.3 Å². The molecule has 1 unspecified atom stereocenters. The number of halogens is 2. The van der Waals surface area contributed by atoms with Gasteiger partial charge in [-0.05, 0) is 55.1 Å². The van der Waals surface area contributed by atoms with Crippen molar-refractivity contribution in [3.8, 4) is 17.0 Å². The number of hydrogen-bond donors (Lipinski definition) is 2. The molecule has 13 heteroatoms. The summed E-state index contributed by atoms with van der Waals surface area (Å²) in [5, 5.41) is 8.21. The Hall–Kier alpha value is -3.32. The van der Waals surface area contributed by atoms with E-state index >= 15 is 0 Å². The smallest absolute Gasteiger partial charge is 0.257 e. The van der Waals surface area contributed by atoms with Gasteiger partial charge in [-0.3, -0.25) is 14.4 Å². The van der Waals surface area contributed by atoms with Crippen molar-refractivity contribution >= 4 is 34.2 Å². The average Bonchev–Trinajstić information content (AvgIpc) is 3.40. The van der Waals surface area contributed by atoms with Gasteiger partial charge in [0.05, 0.1) is 18.9 Å². The molecule has 2 N–H and O–H groups in total. The van der Waals surface area contributed by atoms with Crippen molar-refractivity contribution in [3.05, 3.63) is 29.1 Å². The van der Waals surface area contributed by atoms with E-state index in [1.807, 2.05) is 25.7 Å². The fraction of sp³-hybridized carbons (Fsp3) is 0.636. The first kappa shape index (κ1) is 34.0. The molecule has 5 rings (SSSR count). The van der Waals surface area contributed by atoms with Crippen LogP contribution in [0.1, 0.15) is 65.7 Å². The Bertz CT molecular complexity index is 1400. The van der Waals surface area contributed by atoms with Crippen LogP contribution >= 0.6 is 11.3 Å². The number of aromatic nitrogens is 1. The molecule has 0 bridgehead atoms. The largest absolute Gasteiger partial charge is 0.480 e. The molecule has 0 radical (unpaired) electrons. The fourth-order valence-electron chi connectivity index (χ4n) is 5.94. The van der Waals surface area contributed by atoms with Crippen molar-refractivity contribution in [2.45, 2.75) is 71.8 Å². The predicted octanol–water partition coefficient (Wildman–Crippen LogP) is 4.52. The van der Waals surface area contributed by atoms with E-state index in [0.29, 0.717) is 63.2 Å². The zero-order valence-electron chi connectivity index (χ0n) is 27.0. The van der Waals surface area contributed by atoms with Gasteiger partial charge in [-0.2, -0.15) is 4.39 Å². The number of likely N-dealkylation sites (tertiary alicyclic amines) is 1. The Labute approximate surface area is 273 Å². The summed E-state index contributed by atoms with van der Waals surface area (Å²) < 4.78 is 39.7. The summed E-state index contributed by atoms with van der Waals surface area (Å²) in [6.07, 6.45) is 5.63. The lowest BCUT2D eigenvalue weighted by Gasteiger charge is -2.33. The Balaban J connectivity index is 1.03. The lowest BCUT2D eigenvalue weighted by atomic mass is 9.85. The van der Waals surface area contributed by atoms with E-state index in [9.17, 15) is 23.2 Å². The fourth-order valence-corrected chi connectivity index (χ4v) is 6.82. The van der Waals surface area contributed by atoms with Gasteiger partial charge in [-0.25, -0.2) is 9.37 Å². The first-order valence-corrected chi connectivity index (χ1v) is 17.1. The number of amides is 3. The minimum absolute atomic E-state index is 0.00382. The number of unbranched alkanes of at least 4 members (excludes halogenated alkanes) is 2. The van der Waals surface area contributed by atoms with Crippen LogP contribution in [-0.2, 0) is 19.1 Å². The van der Waals surface area contributed by atoms with Gasteiger partial charge in [0, 0.05) is 50.1 Å². The predicted molar refractivity (Wildman–Crippen MR) is 172 cm³/mol. The number of anilines is 1. The molecule has 3 amide bonds. The third kappa shape index (κ3) is 8.52.